The van der Waals surface area contributed by atoms with Crippen LogP contribution in [0, 0.1) is 11.3 Å². The molecule has 0 aliphatic heterocycles. The number of anilines is 2. The molecule has 3 aromatic rings. The van der Waals surface area contributed by atoms with Crippen molar-refractivity contribution in [1.29, 1.82) is 5.26 Å². The summed E-state index contributed by atoms with van der Waals surface area (Å²) in [7, 11) is 1.55. The first-order valence-corrected chi connectivity index (χ1v) is 10.8. The number of carbonyl (C=O) groups excluding carboxylic acids is 2. The second-order valence-corrected chi connectivity index (χ2v) is 7.19. The standard InChI is InChI=1S/C27H25N3O5/c1-3-34-25-16-19(9-14-24(25)35-18-26(31)29-21-7-5-4-6-8-21)15-20(17-28)27(32)30-22-10-12-23(33-2)13-11-22/h4-16H,3,18H2,1-2H3,(H,29,31)(H,30,32)/b20-15+. The summed E-state index contributed by atoms with van der Waals surface area (Å²) in [6, 6.07) is 22.7. The van der Waals surface area contributed by atoms with Gasteiger partial charge in [-0.15, -0.1) is 0 Å². The number of rotatable bonds is 10. The molecule has 35 heavy (non-hydrogen) atoms. The van der Waals surface area contributed by atoms with Crippen molar-refractivity contribution in [2.45, 2.75) is 6.92 Å². The number of nitrogens with one attached hydrogen (secondary N) is 2. The van der Waals surface area contributed by atoms with Crippen LogP contribution in [0.4, 0.5) is 11.4 Å². The number of benzene rings is 3. The Labute approximate surface area is 203 Å². The molecule has 0 saturated heterocycles. The summed E-state index contributed by atoms with van der Waals surface area (Å²) in [5.41, 5.74) is 1.68. The van der Waals surface area contributed by atoms with Crippen LogP contribution < -0.4 is 24.8 Å². The molecule has 0 bridgehead atoms. The summed E-state index contributed by atoms with van der Waals surface area (Å²) in [5, 5.41) is 14.9. The van der Waals surface area contributed by atoms with Gasteiger partial charge in [-0.05, 0) is 67.1 Å². The molecule has 8 nitrogen and oxygen atoms in total. The fourth-order valence-corrected chi connectivity index (χ4v) is 3.05. The van der Waals surface area contributed by atoms with E-state index in [4.69, 9.17) is 14.2 Å². The Hall–Kier alpha value is -4.77. The Bertz CT molecular complexity index is 1230. The number of methoxy groups -OCH3 is 1. The molecule has 0 saturated carbocycles. The molecule has 2 N–H and O–H groups in total. The van der Waals surface area contributed by atoms with Crippen molar-refractivity contribution in [3.63, 3.8) is 0 Å². The lowest BCUT2D eigenvalue weighted by atomic mass is 10.1. The minimum absolute atomic E-state index is 0.0841. The minimum Gasteiger partial charge on any atom is -0.497 e. The van der Waals surface area contributed by atoms with Crippen molar-refractivity contribution in [2.75, 3.05) is 31.0 Å². The van der Waals surface area contributed by atoms with E-state index in [9.17, 15) is 14.9 Å². The van der Waals surface area contributed by atoms with Gasteiger partial charge in [-0.3, -0.25) is 9.59 Å². The average molecular weight is 472 g/mol. The van der Waals surface area contributed by atoms with Gasteiger partial charge in [-0.2, -0.15) is 5.26 Å². The van der Waals surface area contributed by atoms with Crippen molar-refractivity contribution < 1.29 is 23.8 Å². The Balaban J connectivity index is 1.70. The average Bonchev–Trinajstić information content (AvgIpc) is 2.88. The van der Waals surface area contributed by atoms with Crippen LogP contribution in [0.5, 0.6) is 17.2 Å². The van der Waals surface area contributed by atoms with Gasteiger partial charge in [0.2, 0.25) is 0 Å². The third-order valence-corrected chi connectivity index (χ3v) is 4.71. The predicted octanol–water partition coefficient (Wildman–Crippen LogP) is 4.66. The molecule has 0 fully saturated rings. The molecular formula is C27H25N3O5. The van der Waals surface area contributed by atoms with E-state index in [1.165, 1.54) is 6.08 Å². The molecule has 0 atom stereocenters. The molecule has 0 spiro atoms. The highest BCUT2D eigenvalue weighted by molar-refractivity contribution is 6.09. The highest BCUT2D eigenvalue weighted by Crippen LogP contribution is 2.29. The second-order valence-electron chi connectivity index (χ2n) is 7.19. The normalized spacial score (nSPS) is 10.6. The molecule has 2 amide bonds. The number of nitrogens with zero attached hydrogens (tertiary/aromatic N) is 1. The minimum atomic E-state index is -0.548. The highest BCUT2D eigenvalue weighted by Gasteiger charge is 2.13. The molecule has 0 radical (unpaired) electrons. The van der Waals surface area contributed by atoms with Gasteiger partial charge in [-0.1, -0.05) is 24.3 Å². The summed E-state index contributed by atoms with van der Waals surface area (Å²) in [6.45, 7) is 1.97. The van der Waals surface area contributed by atoms with E-state index in [2.05, 4.69) is 10.6 Å². The zero-order valence-electron chi connectivity index (χ0n) is 19.4. The molecule has 3 rings (SSSR count). The summed E-state index contributed by atoms with van der Waals surface area (Å²) < 4.78 is 16.4. The summed E-state index contributed by atoms with van der Waals surface area (Å²) >= 11 is 0. The van der Waals surface area contributed by atoms with Crippen molar-refractivity contribution in [3.8, 4) is 23.3 Å². The van der Waals surface area contributed by atoms with Gasteiger partial charge in [0.25, 0.3) is 11.8 Å². The van der Waals surface area contributed by atoms with Gasteiger partial charge in [0.05, 0.1) is 13.7 Å². The third kappa shape index (κ3) is 7.37. The Morgan fingerprint density at radius 2 is 1.63 bits per heavy atom. The van der Waals surface area contributed by atoms with E-state index in [1.807, 2.05) is 31.2 Å². The maximum atomic E-state index is 12.6. The van der Waals surface area contributed by atoms with Crippen LogP contribution in [0.25, 0.3) is 6.08 Å². The fraction of sp³-hybridized carbons (Fsp3) is 0.148. The lowest BCUT2D eigenvalue weighted by Crippen LogP contribution is -2.20. The van der Waals surface area contributed by atoms with E-state index in [-0.39, 0.29) is 18.1 Å². The fourth-order valence-electron chi connectivity index (χ4n) is 3.05. The number of para-hydroxylation sites is 1. The van der Waals surface area contributed by atoms with E-state index in [0.29, 0.717) is 40.8 Å². The molecule has 0 aromatic heterocycles. The Morgan fingerprint density at radius 3 is 2.29 bits per heavy atom. The second kappa shape index (κ2) is 12.5. The maximum Gasteiger partial charge on any atom is 0.266 e. The van der Waals surface area contributed by atoms with Gasteiger partial charge >= 0.3 is 0 Å². The number of amides is 2. The summed E-state index contributed by atoms with van der Waals surface area (Å²) in [4.78, 5) is 24.8. The smallest absolute Gasteiger partial charge is 0.266 e. The topological polar surface area (TPSA) is 110 Å². The molecule has 0 aliphatic carbocycles. The van der Waals surface area contributed by atoms with E-state index in [0.717, 1.165) is 0 Å². The van der Waals surface area contributed by atoms with Crippen molar-refractivity contribution >= 4 is 29.3 Å². The SMILES string of the molecule is CCOc1cc(/C=C(\C#N)C(=O)Nc2ccc(OC)cc2)ccc1OCC(=O)Nc1ccccc1. The Morgan fingerprint density at radius 1 is 0.914 bits per heavy atom. The first kappa shape index (κ1) is 24.9. The molecule has 8 heteroatoms. The molecule has 178 valence electrons. The maximum absolute atomic E-state index is 12.6. The van der Waals surface area contributed by atoms with Gasteiger partial charge in [-0.25, -0.2) is 0 Å². The number of nitriles is 1. The molecule has 0 unspecified atom stereocenters. The van der Waals surface area contributed by atoms with Gasteiger partial charge in [0.1, 0.15) is 17.4 Å². The summed E-state index contributed by atoms with van der Waals surface area (Å²) in [5.74, 6) is 0.551. The lowest BCUT2D eigenvalue weighted by Gasteiger charge is -2.13. The van der Waals surface area contributed by atoms with Crippen LogP contribution in [0.3, 0.4) is 0 Å². The number of hydrogen-bond donors (Lipinski definition) is 2. The van der Waals surface area contributed by atoms with Crippen LogP contribution in [0.2, 0.25) is 0 Å². The van der Waals surface area contributed by atoms with Crippen LogP contribution in [0.15, 0.2) is 78.4 Å². The number of ether oxygens (including phenoxy) is 3. The largest absolute Gasteiger partial charge is 0.497 e. The zero-order chi connectivity index (χ0) is 25.0. The van der Waals surface area contributed by atoms with Crippen molar-refractivity contribution in [2.24, 2.45) is 0 Å². The molecular weight excluding hydrogens is 446 g/mol. The third-order valence-electron chi connectivity index (χ3n) is 4.71. The summed E-state index contributed by atoms with van der Waals surface area (Å²) in [6.07, 6.45) is 1.45. The molecule has 0 aliphatic rings. The van der Waals surface area contributed by atoms with Gasteiger partial charge < -0.3 is 24.8 Å². The number of carbonyl (C=O) groups is 2. The first-order chi connectivity index (χ1) is 17.0. The number of hydrogen-bond acceptors (Lipinski definition) is 6. The molecule has 0 heterocycles. The highest BCUT2D eigenvalue weighted by atomic mass is 16.5. The van der Waals surface area contributed by atoms with Crippen molar-refractivity contribution in [3.05, 3.63) is 83.9 Å². The van der Waals surface area contributed by atoms with E-state index >= 15 is 0 Å². The van der Waals surface area contributed by atoms with E-state index in [1.54, 1.807) is 61.7 Å². The van der Waals surface area contributed by atoms with Crippen LogP contribution in [-0.4, -0.2) is 32.1 Å². The zero-order valence-corrected chi connectivity index (χ0v) is 19.4. The quantitative estimate of drug-likeness (QED) is 0.329. The monoisotopic (exact) mass is 471 g/mol. The van der Waals surface area contributed by atoms with Gasteiger partial charge in [0.15, 0.2) is 18.1 Å². The van der Waals surface area contributed by atoms with Crippen molar-refractivity contribution in [1.82, 2.24) is 0 Å². The van der Waals surface area contributed by atoms with Crippen LogP contribution >= 0.6 is 0 Å². The Kier molecular flexibility index (Phi) is 8.85. The molecule has 3 aromatic carbocycles. The first-order valence-electron chi connectivity index (χ1n) is 10.8. The van der Waals surface area contributed by atoms with E-state index < -0.39 is 5.91 Å². The van der Waals surface area contributed by atoms with Crippen LogP contribution in [-0.2, 0) is 9.59 Å². The lowest BCUT2D eigenvalue weighted by molar-refractivity contribution is -0.118. The van der Waals surface area contributed by atoms with Gasteiger partial charge in [0, 0.05) is 11.4 Å². The van der Waals surface area contributed by atoms with Crippen LogP contribution in [0.1, 0.15) is 12.5 Å². The predicted molar refractivity (Wildman–Crippen MR) is 133 cm³/mol.